The van der Waals surface area contributed by atoms with E-state index in [9.17, 15) is 9.59 Å². The van der Waals surface area contributed by atoms with Crippen molar-refractivity contribution in [2.75, 3.05) is 27.3 Å². The summed E-state index contributed by atoms with van der Waals surface area (Å²) >= 11 is 0. The smallest absolute Gasteiger partial charge is 0.325 e. The molecule has 0 rings (SSSR count). The van der Waals surface area contributed by atoms with E-state index in [4.69, 9.17) is 9.47 Å². The van der Waals surface area contributed by atoms with Gasteiger partial charge in [0.25, 0.3) is 0 Å². The summed E-state index contributed by atoms with van der Waals surface area (Å²) in [5.41, 5.74) is -0.713. The van der Waals surface area contributed by atoms with Crippen LogP contribution >= 0.6 is 0 Å². The Balaban J connectivity index is 6.06. The van der Waals surface area contributed by atoms with Gasteiger partial charge in [-0.15, -0.1) is 0 Å². The summed E-state index contributed by atoms with van der Waals surface area (Å²) in [6.45, 7) is 17.2. The summed E-state index contributed by atoms with van der Waals surface area (Å²) < 4.78 is 11.1. The van der Waals surface area contributed by atoms with Crippen LogP contribution in [0.3, 0.4) is 0 Å². The molecule has 0 bridgehead atoms. The average Bonchev–Trinajstić information content (AvgIpc) is 2.51. The van der Waals surface area contributed by atoms with Crippen LogP contribution in [0.5, 0.6) is 0 Å². The fourth-order valence-corrected chi connectivity index (χ4v) is 3.64. The lowest BCUT2D eigenvalue weighted by atomic mass is 9.89. The maximum Gasteiger partial charge on any atom is 0.325 e. The van der Waals surface area contributed by atoms with Crippen molar-refractivity contribution in [3.05, 3.63) is 0 Å². The van der Waals surface area contributed by atoms with E-state index in [1.807, 2.05) is 21.0 Å². The molecule has 2 atom stereocenters. The van der Waals surface area contributed by atoms with Crippen LogP contribution in [0.4, 0.5) is 0 Å². The Kier molecular flexibility index (Phi) is 11.3. The molecule has 0 aliphatic rings. The summed E-state index contributed by atoms with van der Waals surface area (Å²) in [7, 11) is 3.61. The molecule has 0 spiro atoms. The van der Waals surface area contributed by atoms with Gasteiger partial charge in [-0.25, -0.2) is 0 Å². The third-order valence-electron chi connectivity index (χ3n) is 4.55. The van der Waals surface area contributed by atoms with Gasteiger partial charge in [0.15, 0.2) is 0 Å². The number of esters is 2. The molecule has 6 heteroatoms. The zero-order valence-electron chi connectivity index (χ0n) is 19.9. The molecule has 0 aliphatic heterocycles. The molecule has 0 aromatic carbocycles. The van der Waals surface area contributed by atoms with Gasteiger partial charge in [-0.2, -0.15) is 0 Å². The SMILES string of the molecule is CCCCOC(=O)C(C(C(=O)OCCCC)N(C(C)(C)C)C(C)(C)C)N(C)C. The molecular weight excluding hydrogens is 356 g/mol. The van der Waals surface area contributed by atoms with E-state index >= 15 is 0 Å². The number of hydrogen-bond acceptors (Lipinski definition) is 6. The quantitative estimate of drug-likeness (QED) is 0.388. The number of carbonyl (C=O) groups is 2. The van der Waals surface area contributed by atoms with Gasteiger partial charge in [-0.3, -0.25) is 19.4 Å². The van der Waals surface area contributed by atoms with Crippen molar-refractivity contribution in [2.45, 2.75) is 104 Å². The summed E-state index contributed by atoms with van der Waals surface area (Å²) in [5.74, 6) is -0.751. The van der Waals surface area contributed by atoms with E-state index in [-0.39, 0.29) is 23.0 Å². The van der Waals surface area contributed by atoms with Crippen LogP contribution in [-0.2, 0) is 19.1 Å². The van der Waals surface area contributed by atoms with Gasteiger partial charge in [0.2, 0.25) is 0 Å². The van der Waals surface area contributed by atoms with Crippen LogP contribution in [-0.4, -0.2) is 72.2 Å². The Labute approximate surface area is 172 Å². The Morgan fingerprint density at radius 1 is 0.750 bits per heavy atom. The molecule has 28 heavy (non-hydrogen) atoms. The summed E-state index contributed by atoms with van der Waals surface area (Å²) in [5, 5.41) is 0. The number of ether oxygens (including phenoxy) is 2. The molecule has 0 fully saturated rings. The second-order valence-electron chi connectivity index (χ2n) is 9.61. The van der Waals surface area contributed by atoms with Crippen LogP contribution in [0, 0.1) is 0 Å². The summed E-state index contributed by atoms with van der Waals surface area (Å²) in [6, 6.07) is -1.51. The van der Waals surface area contributed by atoms with Crippen molar-refractivity contribution in [1.29, 1.82) is 0 Å². The van der Waals surface area contributed by atoms with Gasteiger partial charge in [-0.1, -0.05) is 26.7 Å². The minimum atomic E-state index is -0.763. The highest BCUT2D eigenvalue weighted by molar-refractivity contribution is 5.87. The molecule has 2 unspecified atom stereocenters. The van der Waals surface area contributed by atoms with Crippen molar-refractivity contribution >= 4 is 11.9 Å². The van der Waals surface area contributed by atoms with Gasteiger partial charge in [0.05, 0.1) is 13.2 Å². The maximum atomic E-state index is 13.2. The van der Waals surface area contributed by atoms with Crippen molar-refractivity contribution in [2.24, 2.45) is 0 Å². The Bertz CT molecular complexity index is 464. The normalized spacial score (nSPS) is 14.9. The van der Waals surface area contributed by atoms with Crippen LogP contribution in [0.15, 0.2) is 0 Å². The van der Waals surface area contributed by atoms with E-state index in [1.54, 1.807) is 4.90 Å². The highest BCUT2D eigenvalue weighted by Gasteiger charge is 2.49. The van der Waals surface area contributed by atoms with Crippen LogP contribution in [0.2, 0.25) is 0 Å². The fraction of sp³-hybridized carbons (Fsp3) is 0.909. The second kappa shape index (κ2) is 11.8. The van der Waals surface area contributed by atoms with Crippen LogP contribution in [0.1, 0.15) is 81.1 Å². The van der Waals surface area contributed by atoms with Gasteiger partial charge < -0.3 is 9.47 Å². The highest BCUT2D eigenvalue weighted by Crippen LogP contribution is 2.31. The minimum absolute atomic E-state index is 0.356. The van der Waals surface area contributed by atoms with E-state index in [0.29, 0.717) is 13.2 Å². The third kappa shape index (κ3) is 8.48. The topological polar surface area (TPSA) is 59.1 Å². The number of rotatable bonds is 11. The first kappa shape index (κ1) is 26.9. The molecule has 0 aromatic rings. The molecular formula is C22H44N2O4. The molecule has 0 saturated heterocycles. The van der Waals surface area contributed by atoms with Crippen molar-refractivity contribution in [3.8, 4) is 0 Å². The average molecular weight is 401 g/mol. The maximum absolute atomic E-state index is 13.2. The van der Waals surface area contributed by atoms with Crippen molar-refractivity contribution in [3.63, 3.8) is 0 Å². The number of carbonyl (C=O) groups excluding carboxylic acids is 2. The molecule has 0 N–H and O–H groups in total. The van der Waals surface area contributed by atoms with E-state index < -0.39 is 12.1 Å². The van der Waals surface area contributed by atoms with Crippen molar-refractivity contribution in [1.82, 2.24) is 9.80 Å². The molecule has 0 aromatic heterocycles. The first-order chi connectivity index (χ1) is 12.8. The number of likely N-dealkylation sites (N-methyl/N-ethyl adjacent to an activating group) is 1. The van der Waals surface area contributed by atoms with E-state index in [2.05, 4.69) is 53.4 Å². The van der Waals surface area contributed by atoms with Gasteiger partial charge in [-0.05, 0) is 68.5 Å². The first-order valence-corrected chi connectivity index (χ1v) is 10.6. The number of unbranched alkanes of at least 4 members (excludes halogenated alkanes) is 2. The Hall–Kier alpha value is -1.14. The van der Waals surface area contributed by atoms with Gasteiger partial charge in [0.1, 0.15) is 12.1 Å². The molecule has 0 amide bonds. The van der Waals surface area contributed by atoms with Crippen molar-refractivity contribution < 1.29 is 19.1 Å². The minimum Gasteiger partial charge on any atom is -0.464 e. The second-order valence-corrected chi connectivity index (χ2v) is 9.61. The monoisotopic (exact) mass is 400 g/mol. The fourth-order valence-electron chi connectivity index (χ4n) is 3.64. The van der Waals surface area contributed by atoms with Crippen LogP contribution in [0.25, 0.3) is 0 Å². The standard InChI is InChI=1S/C22H44N2O4/c1-11-13-15-27-19(25)17(23(9)10)18(20(26)28-16-14-12-2)24(21(3,4)5)22(6,7)8/h17-18H,11-16H2,1-10H3. The molecule has 0 saturated carbocycles. The molecule has 6 nitrogen and oxygen atoms in total. The highest BCUT2D eigenvalue weighted by atomic mass is 16.5. The zero-order chi connectivity index (χ0) is 22.1. The lowest BCUT2D eigenvalue weighted by Gasteiger charge is -2.51. The summed E-state index contributed by atoms with van der Waals surface area (Å²) in [6.07, 6.45) is 3.49. The summed E-state index contributed by atoms with van der Waals surface area (Å²) in [4.78, 5) is 30.1. The third-order valence-corrected chi connectivity index (χ3v) is 4.55. The lowest BCUT2D eigenvalue weighted by molar-refractivity contribution is -0.170. The Morgan fingerprint density at radius 2 is 1.11 bits per heavy atom. The predicted octanol–water partition coefficient (Wildman–Crippen LogP) is 3.87. The largest absolute Gasteiger partial charge is 0.464 e. The molecule has 0 radical (unpaired) electrons. The van der Waals surface area contributed by atoms with E-state index in [0.717, 1.165) is 25.7 Å². The number of nitrogens with zero attached hydrogens (tertiary/aromatic N) is 2. The molecule has 166 valence electrons. The predicted molar refractivity (Wildman–Crippen MR) is 114 cm³/mol. The molecule has 0 heterocycles. The first-order valence-electron chi connectivity index (χ1n) is 10.6. The van der Waals surface area contributed by atoms with E-state index in [1.165, 1.54) is 0 Å². The van der Waals surface area contributed by atoms with Gasteiger partial charge in [0, 0.05) is 11.1 Å². The van der Waals surface area contributed by atoms with Crippen LogP contribution < -0.4 is 0 Å². The number of hydrogen-bond donors (Lipinski definition) is 0. The lowest BCUT2D eigenvalue weighted by Crippen LogP contribution is -2.67. The van der Waals surface area contributed by atoms with Gasteiger partial charge >= 0.3 is 11.9 Å². The zero-order valence-corrected chi connectivity index (χ0v) is 19.9. The molecule has 0 aliphatic carbocycles. The Morgan fingerprint density at radius 3 is 1.39 bits per heavy atom.